The van der Waals surface area contributed by atoms with Gasteiger partial charge in [-0.1, -0.05) is 0 Å². The zero-order chi connectivity index (χ0) is 14.8. The van der Waals surface area contributed by atoms with Crippen molar-refractivity contribution in [3.05, 3.63) is 23.8 Å². The van der Waals surface area contributed by atoms with Gasteiger partial charge in [0, 0.05) is 25.5 Å². The van der Waals surface area contributed by atoms with Gasteiger partial charge in [0.25, 0.3) is 5.91 Å². The highest BCUT2D eigenvalue weighted by atomic mass is 16.3. The molecule has 1 rings (SSSR count). The number of aliphatic hydroxyl groups excluding tert-OH is 1. The first kappa shape index (κ1) is 15.3. The zero-order valence-corrected chi connectivity index (χ0v) is 12.2. The summed E-state index contributed by atoms with van der Waals surface area (Å²) in [6, 6.07) is 5.09. The summed E-state index contributed by atoms with van der Waals surface area (Å²) in [5, 5.41) is 12.9. The fourth-order valence-corrected chi connectivity index (χ4v) is 1.54. The number of benzene rings is 1. The molecule has 4 N–H and O–H groups in total. The van der Waals surface area contributed by atoms with Gasteiger partial charge in [-0.2, -0.15) is 0 Å². The summed E-state index contributed by atoms with van der Waals surface area (Å²) in [5.41, 5.74) is 6.94. The van der Waals surface area contributed by atoms with Crippen LogP contribution in [0.3, 0.4) is 0 Å². The van der Waals surface area contributed by atoms with Crippen molar-refractivity contribution in [1.82, 2.24) is 4.90 Å². The number of rotatable bonds is 4. The van der Waals surface area contributed by atoms with Crippen molar-refractivity contribution in [2.75, 3.05) is 25.1 Å². The number of amides is 1. The van der Waals surface area contributed by atoms with Gasteiger partial charge in [-0.05, 0) is 39.0 Å². The first-order chi connectivity index (χ1) is 8.65. The van der Waals surface area contributed by atoms with E-state index in [0.717, 1.165) is 0 Å². The minimum Gasteiger partial charge on any atom is -0.399 e. The van der Waals surface area contributed by atoms with Crippen molar-refractivity contribution in [1.29, 1.82) is 0 Å². The lowest BCUT2D eigenvalue weighted by Gasteiger charge is -2.31. The third-order valence-corrected chi connectivity index (χ3v) is 3.18. The lowest BCUT2D eigenvalue weighted by molar-refractivity contribution is 0.0827. The minimum absolute atomic E-state index is 0.108. The lowest BCUT2D eigenvalue weighted by atomic mass is 9.97. The van der Waals surface area contributed by atoms with Crippen LogP contribution >= 0.6 is 0 Å². The standard InChI is InChI=1S/C14H23N3O2/c1-9(18)14(2,3)16-12-8-10(15)6-7-11(12)13(19)17(4)5/h6-9,16,18H,15H2,1-5H3. The van der Waals surface area contributed by atoms with E-state index >= 15 is 0 Å². The Balaban J connectivity index is 3.19. The molecule has 0 radical (unpaired) electrons. The summed E-state index contributed by atoms with van der Waals surface area (Å²) >= 11 is 0. The third-order valence-electron chi connectivity index (χ3n) is 3.18. The van der Waals surface area contributed by atoms with Crippen LogP contribution in [0.15, 0.2) is 18.2 Å². The van der Waals surface area contributed by atoms with Gasteiger partial charge in [0.1, 0.15) is 0 Å². The van der Waals surface area contributed by atoms with Gasteiger partial charge in [-0.3, -0.25) is 4.79 Å². The molecule has 0 saturated heterocycles. The molecule has 0 aliphatic rings. The van der Waals surface area contributed by atoms with Gasteiger partial charge in [0.15, 0.2) is 0 Å². The normalized spacial score (nSPS) is 12.9. The number of aliphatic hydroxyl groups is 1. The molecule has 1 atom stereocenters. The minimum atomic E-state index is -0.573. The van der Waals surface area contributed by atoms with E-state index in [1.807, 2.05) is 13.8 Å². The van der Waals surface area contributed by atoms with Gasteiger partial charge in [-0.15, -0.1) is 0 Å². The molecule has 0 spiro atoms. The summed E-state index contributed by atoms with van der Waals surface area (Å²) in [6.07, 6.45) is -0.573. The lowest BCUT2D eigenvalue weighted by Crippen LogP contribution is -2.42. The molecule has 1 aromatic carbocycles. The van der Waals surface area contributed by atoms with E-state index in [2.05, 4.69) is 5.32 Å². The third kappa shape index (κ3) is 3.61. The number of hydrogen-bond donors (Lipinski definition) is 3. The van der Waals surface area contributed by atoms with E-state index in [1.165, 1.54) is 4.90 Å². The van der Waals surface area contributed by atoms with E-state index in [0.29, 0.717) is 16.9 Å². The Hall–Kier alpha value is -1.75. The second kappa shape index (κ2) is 5.48. The second-order valence-corrected chi connectivity index (χ2v) is 5.53. The molecule has 106 valence electrons. The second-order valence-electron chi connectivity index (χ2n) is 5.53. The molecule has 5 nitrogen and oxygen atoms in total. The Morgan fingerprint density at radius 2 is 2.00 bits per heavy atom. The van der Waals surface area contributed by atoms with E-state index in [-0.39, 0.29) is 5.91 Å². The van der Waals surface area contributed by atoms with Gasteiger partial charge >= 0.3 is 0 Å². The van der Waals surface area contributed by atoms with Crippen LogP contribution in [0.25, 0.3) is 0 Å². The fraction of sp³-hybridized carbons (Fsp3) is 0.500. The molecular formula is C14H23N3O2. The van der Waals surface area contributed by atoms with Crippen LogP contribution in [0.1, 0.15) is 31.1 Å². The molecule has 19 heavy (non-hydrogen) atoms. The first-order valence-electron chi connectivity index (χ1n) is 6.22. The Bertz CT molecular complexity index is 468. The topological polar surface area (TPSA) is 78.6 Å². The van der Waals surface area contributed by atoms with Gasteiger partial charge in [0.05, 0.1) is 17.2 Å². The number of carbonyl (C=O) groups excluding carboxylic acids is 1. The van der Waals surface area contributed by atoms with Crippen LogP contribution in [-0.4, -0.2) is 41.7 Å². The Morgan fingerprint density at radius 3 is 2.47 bits per heavy atom. The average molecular weight is 265 g/mol. The number of nitrogen functional groups attached to an aromatic ring is 1. The average Bonchev–Trinajstić information content (AvgIpc) is 2.27. The maximum absolute atomic E-state index is 12.1. The number of nitrogens with zero attached hydrogens (tertiary/aromatic N) is 1. The van der Waals surface area contributed by atoms with Crippen molar-refractivity contribution >= 4 is 17.3 Å². The summed E-state index contributed by atoms with van der Waals surface area (Å²) < 4.78 is 0. The number of nitrogens with one attached hydrogen (secondary N) is 1. The molecule has 0 saturated carbocycles. The van der Waals surface area contributed by atoms with E-state index in [9.17, 15) is 9.90 Å². The summed E-state index contributed by atoms with van der Waals surface area (Å²) in [4.78, 5) is 13.6. The van der Waals surface area contributed by atoms with Gasteiger partial charge in [0.2, 0.25) is 0 Å². The first-order valence-corrected chi connectivity index (χ1v) is 6.22. The predicted molar refractivity (Wildman–Crippen MR) is 78.3 cm³/mol. The smallest absolute Gasteiger partial charge is 0.255 e. The Labute approximate surface area is 114 Å². The molecule has 1 unspecified atom stereocenters. The van der Waals surface area contributed by atoms with Crippen LogP contribution in [0.2, 0.25) is 0 Å². The van der Waals surface area contributed by atoms with Crippen LogP contribution in [0.4, 0.5) is 11.4 Å². The quantitative estimate of drug-likeness (QED) is 0.722. The van der Waals surface area contributed by atoms with Crippen LogP contribution in [-0.2, 0) is 0 Å². The van der Waals surface area contributed by atoms with Crippen molar-refractivity contribution in [3.8, 4) is 0 Å². The van der Waals surface area contributed by atoms with Crippen molar-refractivity contribution in [3.63, 3.8) is 0 Å². The molecule has 0 aliphatic carbocycles. The molecule has 0 heterocycles. The number of hydrogen-bond acceptors (Lipinski definition) is 4. The molecule has 5 heteroatoms. The Kier molecular flexibility index (Phi) is 4.42. The van der Waals surface area contributed by atoms with Crippen LogP contribution < -0.4 is 11.1 Å². The molecule has 1 amide bonds. The highest BCUT2D eigenvalue weighted by molar-refractivity contribution is 6.00. The van der Waals surface area contributed by atoms with Crippen molar-refractivity contribution in [2.24, 2.45) is 0 Å². The maximum atomic E-state index is 12.1. The molecule has 1 aromatic rings. The molecule has 0 aromatic heterocycles. The highest BCUT2D eigenvalue weighted by Crippen LogP contribution is 2.25. The predicted octanol–water partition coefficient (Wildman–Crippen LogP) is 1.54. The van der Waals surface area contributed by atoms with Crippen LogP contribution in [0.5, 0.6) is 0 Å². The van der Waals surface area contributed by atoms with Crippen molar-refractivity contribution < 1.29 is 9.90 Å². The summed E-state index contributed by atoms with van der Waals surface area (Å²) in [7, 11) is 3.39. The maximum Gasteiger partial charge on any atom is 0.255 e. The zero-order valence-electron chi connectivity index (χ0n) is 12.2. The van der Waals surface area contributed by atoms with Gasteiger partial charge < -0.3 is 21.1 Å². The summed E-state index contributed by atoms with van der Waals surface area (Å²) in [6.45, 7) is 5.43. The monoisotopic (exact) mass is 265 g/mol. The summed E-state index contributed by atoms with van der Waals surface area (Å²) in [5.74, 6) is -0.108. The number of anilines is 2. The number of nitrogens with two attached hydrogens (primary N) is 1. The molecule has 0 bridgehead atoms. The molecule has 0 aliphatic heterocycles. The highest BCUT2D eigenvalue weighted by Gasteiger charge is 2.26. The fourth-order valence-electron chi connectivity index (χ4n) is 1.54. The van der Waals surface area contributed by atoms with E-state index in [4.69, 9.17) is 5.73 Å². The Morgan fingerprint density at radius 1 is 1.42 bits per heavy atom. The van der Waals surface area contributed by atoms with Gasteiger partial charge in [-0.25, -0.2) is 0 Å². The SMILES string of the molecule is CC(O)C(C)(C)Nc1cc(N)ccc1C(=O)N(C)C. The van der Waals surface area contributed by atoms with E-state index < -0.39 is 11.6 Å². The number of carbonyl (C=O) groups is 1. The largest absolute Gasteiger partial charge is 0.399 e. The van der Waals surface area contributed by atoms with Crippen LogP contribution in [0, 0.1) is 0 Å². The van der Waals surface area contributed by atoms with Crippen molar-refractivity contribution in [2.45, 2.75) is 32.4 Å². The molecule has 0 fully saturated rings. The van der Waals surface area contributed by atoms with E-state index in [1.54, 1.807) is 39.2 Å². The molecular weight excluding hydrogens is 242 g/mol.